The predicted octanol–water partition coefficient (Wildman–Crippen LogP) is 3.76. The molecular formula is C16H9I2NO5. The molecular weight excluding hydrogens is 540 g/mol. The van der Waals surface area contributed by atoms with Crippen molar-refractivity contribution in [2.45, 2.75) is 6.92 Å². The molecule has 1 aliphatic heterocycles. The van der Waals surface area contributed by atoms with Crippen LogP contribution in [0.3, 0.4) is 0 Å². The van der Waals surface area contributed by atoms with Gasteiger partial charge in [0.05, 0.1) is 13.4 Å². The van der Waals surface area contributed by atoms with Crippen LogP contribution < -0.4 is 4.74 Å². The Labute approximate surface area is 164 Å². The summed E-state index contributed by atoms with van der Waals surface area (Å²) in [4.78, 5) is 27.2. The fraction of sp³-hybridized carbons (Fsp3) is 0.0625. The summed E-state index contributed by atoms with van der Waals surface area (Å²) in [5, 5.41) is 0. The minimum Gasteiger partial charge on any atom is -0.459 e. The van der Waals surface area contributed by atoms with E-state index in [2.05, 4.69) is 50.2 Å². The molecule has 0 atom stereocenters. The van der Waals surface area contributed by atoms with Crippen molar-refractivity contribution in [3.63, 3.8) is 0 Å². The Bertz CT molecular complexity index is 861. The summed E-state index contributed by atoms with van der Waals surface area (Å²) >= 11 is 4.14. The zero-order valence-electron chi connectivity index (χ0n) is 12.2. The highest BCUT2D eigenvalue weighted by molar-refractivity contribution is 14.1. The fourth-order valence-corrected chi connectivity index (χ4v) is 4.01. The van der Waals surface area contributed by atoms with Gasteiger partial charge in [0.15, 0.2) is 17.2 Å². The lowest BCUT2D eigenvalue weighted by Crippen LogP contribution is -2.05. The van der Waals surface area contributed by atoms with Crippen molar-refractivity contribution >= 4 is 69.1 Å². The van der Waals surface area contributed by atoms with Gasteiger partial charge in [-0.25, -0.2) is 9.79 Å². The number of halogens is 2. The minimum absolute atomic E-state index is 0.136. The molecule has 0 radical (unpaired) electrons. The van der Waals surface area contributed by atoms with Crippen LogP contribution >= 0.6 is 45.2 Å². The van der Waals surface area contributed by atoms with Gasteiger partial charge in [-0.05, 0) is 81.1 Å². The van der Waals surface area contributed by atoms with Crippen LogP contribution in [-0.4, -0.2) is 17.8 Å². The van der Waals surface area contributed by atoms with Gasteiger partial charge < -0.3 is 13.9 Å². The Morgan fingerprint density at radius 3 is 2.58 bits per heavy atom. The van der Waals surface area contributed by atoms with Gasteiger partial charge in [0.2, 0.25) is 0 Å². The fourth-order valence-electron chi connectivity index (χ4n) is 1.98. The zero-order chi connectivity index (χ0) is 17.3. The van der Waals surface area contributed by atoms with Gasteiger partial charge in [-0.15, -0.1) is 0 Å². The Balaban J connectivity index is 1.94. The van der Waals surface area contributed by atoms with Crippen molar-refractivity contribution in [1.29, 1.82) is 0 Å². The Hall–Kier alpha value is -1.69. The molecule has 1 aromatic carbocycles. The first-order valence-corrected chi connectivity index (χ1v) is 8.83. The van der Waals surface area contributed by atoms with Gasteiger partial charge in [-0.3, -0.25) is 4.79 Å². The third-order valence-electron chi connectivity index (χ3n) is 2.92. The van der Waals surface area contributed by atoms with E-state index in [9.17, 15) is 9.59 Å². The molecule has 0 N–H and O–H groups in total. The van der Waals surface area contributed by atoms with Crippen LogP contribution in [-0.2, 0) is 14.3 Å². The summed E-state index contributed by atoms with van der Waals surface area (Å²) in [6, 6.07) is 6.93. The lowest BCUT2D eigenvalue weighted by molar-refractivity contribution is -0.132. The molecule has 0 saturated heterocycles. The summed E-state index contributed by atoms with van der Waals surface area (Å²) < 4.78 is 17.0. The van der Waals surface area contributed by atoms with Gasteiger partial charge >= 0.3 is 11.9 Å². The standard InChI is InChI=1S/C16H9I2NO5/c1-8(20)23-14-10(17)5-9(6-11(14)18)7-12-16(21)24-15(19-12)13-3-2-4-22-13/h2-7H,1H3/b12-7-. The molecule has 0 amide bonds. The first kappa shape index (κ1) is 17.1. The van der Waals surface area contributed by atoms with Crippen molar-refractivity contribution < 1.29 is 23.5 Å². The van der Waals surface area contributed by atoms with Crippen LogP contribution in [0.5, 0.6) is 5.75 Å². The number of nitrogens with zero attached hydrogens (tertiary/aromatic N) is 1. The maximum Gasteiger partial charge on any atom is 0.363 e. The smallest absolute Gasteiger partial charge is 0.363 e. The average molecular weight is 549 g/mol. The van der Waals surface area contributed by atoms with Gasteiger partial charge in [0.1, 0.15) is 0 Å². The zero-order valence-corrected chi connectivity index (χ0v) is 16.5. The molecule has 2 heterocycles. The van der Waals surface area contributed by atoms with Gasteiger partial charge in [0.25, 0.3) is 5.90 Å². The number of carbonyl (C=O) groups is 2. The second-order valence-corrected chi connectivity index (χ2v) is 7.05. The normalized spacial score (nSPS) is 15.4. The van der Waals surface area contributed by atoms with E-state index in [1.807, 2.05) is 0 Å². The molecule has 0 spiro atoms. The van der Waals surface area contributed by atoms with Crippen molar-refractivity contribution in [1.82, 2.24) is 0 Å². The second kappa shape index (κ2) is 7.05. The number of carbonyl (C=O) groups excluding carboxylic acids is 2. The van der Waals surface area contributed by atoms with E-state index in [1.165, 1.54) is 13.2 Å². The molecule has 0 unspecified atom stereocenters. The van der Waals surface area contributed by atoms with Gasteiger partial charge in [-0.1, -0.05) is 0 Å². The first-order chi connectivity index (χ1) is 11.4. The number of benzene rings is 1. The maximum atomic E-state index is 11.9. The van der Waals surface area contributed by atoms with Crippen molar-refractivity contribution in [3.8, 4) is 5.75 Å². The van der Waals surface area contributed by atoms with Crippen LogP contribution in [0.15, 0.2) is 45.6 Å². The number of ether oxygens (including phenoxy) is 2. The number of hydrogen-bond donors (Lipinski definition) is 0. The number of cyclic esters (lactones) is 1. The molecule has 122 valence electrons. The molecule has 0 aliphatic carbocycles. The number of rotatable bonds is 3. The Morgan fingerprint density at radius 1 is 1.29 bits per heavy atom. The Kier molecular flexibility index (Phi) is 5.04. The molecule has 0 saturated carbocycles. The summed E-state index contributed by atoms with van der Waals surface area (Å²) in [6.07, 6.45) is 3.09. The number of furan rings is 1. The Morgan fingerprint density at radius 2 is 2.00 bits per heavy atom. The highest BCUT2D eigenvalue weighted by atomic mass is 127. The van der Waals surface area contributed by atoms with E-state index < -0.39 is 5.97 Å². The van der Waals surface area contributed by atoms with Crippen LogP contribution in [0.2, 0.25) is 0 Å². The lowest BCUT2D eigenvalue weighted by atomic mass is 10.2. The van der Waals surface area contributed by atoms with Gasteiger partial charge in [-0.2, -0.15) is 0 Å². The SMILES string of the molecule is CC(=O)Oc1c(I)cc(/C=C2\N=C(c3ccco3)OC2=O)cc1I. The quantitative estimate of drug-likeness (QED) is 0.253. The van der Waals surface area contributed by atoms with E-state index >= 15 is 0 Å². The highest BCUT2D eigenvalue weighted by Crippen LogP contribution is 2.30. The molecule has 24 heavy (non-hydrogen) atoms. The minimum atomic E-state index is -0.546. The van der Waals surface area contributed by atoms with Crippen molar-refractivity contribution in [2.75, 3.05) is 0 Å². The number of esters is 2. The molecule has 1 aliphatic rings. The topological polar surface area (TPSA) is 78.1 Å². The van der Waals surface area contributed by atoms with E-state index in [-0.39, 0.29) is 17.6 Å². The monoisotopic (exact) mass is 549 g/mol. The molecule has 3 rings (SSSR count). The summed E-state index contributed by atoms with van der Waals surface area (Å²) in [5.41, 5.74) is 0.921. The van der Waals surface area contributed by atoms with Crippen LogP contribution in [0.4, 0.5) is 0 Å². The van der Waals surface area contributed by atoms with E-state index in [0.717, 1.165) is 12.7 Å². The van der Waals surface area contributed by atoms with Crippen molar-refractivity contribution in [2.24, 2.45) is 4.99 Å². The van der Waals surface area contributed by atoms with Crippen molar-refractivity contribution in [3.05, 3.63) is 54.7 Å². The molecule has 2 aromatic rings. The van der Waals surface area contributed by atoms with E-state index in [4.69, 9.17) is 13.9 Å². The third-order valence-corrected chi connectivity index (χ3v) is 4.52. The number of aliphatic imine (C=N–C) groups is 1. The maximum absolute atomic E-state index is 11.9. The predicted molar refractivity (Wildman–Crippen MR) is 102 cm³/mol. The first-order valence-electron chi connectivity index (χ1n) is 6.68. The molecule has 0 fully saturated rings. The molecule has 8 heteroatoms. The largest absolute Gasteiger partial charge is 0.459 e. The molecule has 6 nitrogen and oxygen atoms in total. The van der Waals surface area contributed by atoms with Crippen LogP contribution in [0.1, 0.15) is 18.2 Å². The molecule has 0 bridgehead atoms. The van der Waals surface area contributed by atoms with E-state index in [1.54, 1.807) is 30.3 Å². The van der Waals surface area contributed by atoms with Crippen LogP contribution in [0.25, 0.3) is 6.08 Å². The highest BCUT2D eigenvalue weighted by Gasteiger charge is 2.26. The second-order valence-electron chi connectivity index (χ2n) is 4.72. The summed E-state index contributed by atoms with van der Waals surface area (Å²) in [6.45, 7) is 1.35. The lowest BCUT2D eigenvalue weighted by Gasteiger charge is -2.08. The summed E-state index contributed by atoms with van der Waals surface area (Å²) in [7, 11) is 0. The average Bonchev–Trinajstić information content (AvgIpc) is 3.13. The van der Waals surface area contributed by atoms with Gasteiger partial charge in [0, 0.05) is 6.92 Å². The third kappa shape index (κ3) is 3.69. The number of hydrogen-bond acceptors (Lipinski definition) is 6. The molecule has 1 aromatic heterocycles. The van der Waals surface area contributed by atoms with Crippen LogP contribution in [0, 0.1) is 7.14 Å². The van der Waals surface area contributed by atoms with E-state index in [0.29, 0.717) is 11.5 Å². The summed E-state index contributed by atoms with van der Waals surface area (Å²) in [5.74, 6) is 0.0948.